The van der Waals surface area contributed by atoms with Gasteiger partial charge in [-0.25, -0.2) is 9.18 Å². The van der Waals surface area contributed by atoms with Crippen molar-refractivity contribution >= 4 is 22.5 Å². The topological polar surface area (TPSA) is 35.6 Å². The van der Waals surface area contributed by atoms with Gasteiger partial charge in [-0.05, 0) is 97.7 Å². The molecule has 5 rings (SSSR count). The Balaban J connectivity index is 1.19. The second-order valence-corrected chi connectivity index (χ2v) is 10.4. The van der Waals surface area contributed by atoms with Crippen molar-refractivity contribution in [1.82, 2.24) is 9.80 Å². The molecule has 0 spiro atoms. The molecular formula is C30H36FN3O. The minimum Gasteiger partial charge on any atom is -0.324 e. The number of likely N-dealkylation sites (tertiary alicyclic amines) is 2. The molecule has 2 amide bonds. The molecule has 184 valence electrons. The highest BCUT2D eigenvalue weighted by Gasteiger charge is 2.25. The van der Waals surface area contributed by atoms with E-state index in [0.717, 1.165) is 36.0 Å². The van der Waals surface area contributed by atoms with E-state index in [0.29, 0.717) is 31.1 Å². The molecular weight excluding hydrogens is 437 g/mol. The van der Waals surface area contributed by atoms with Crippen LogP contribution in [0.15, 0.2) is 60.7 Å². The fourth-order valence-electron chi connectivity index (χ4n) is 5.82. The van der Waals surface area contributed by atoms with Crippen molar-refractivity contribution in [1.29, 1.82) is 0 Å². The predicted octanol–water partition coefficient (Wildman–Crippen LogP) is 7.15. The van der Waals surface area contributed by atoms with E-state index in [2.05, 4.69) is 54.4 Å². The maximum Gasteiger partial charge on any atom is 0.321 e. The zero-order valence-electron chi connectivity index (χ0n) is 20.8. The number of nitrogens with zero attached hydrogens (tertiary/aromatic N) is 2. The van der Waals surface area contributed by atoms with Crippen LogP contribution < -0.4 is 5.32 Å². The predicted molar refractivity (Wildman–Crippen MR) is 141 cm³/mol. The molecule has 0 radical (unpaired) electrons. The molecule has 2 atom stereocenters. The molecule has 0 bridgehead atoms. The van der Waals surface area contributed by atoms with Crippen molar-refractivity contribution in [2.24, 2.45) is 0 Å². The molecule has 2 heterocycles. The summed E-state index contributed by atoms with van der Waals surface area (Å²) < 4.78 is 13.2. The van der Waals surface area contributed by atoms with Crippen LogP contribution in [0, 0.1) is 5.82 Å². The van der Waals surface area contributed by atoms with Gasteiger partial charge >= 0.3 is 6.03 Å². The van der Waals surface area contributed by atoms with E-state index >= 15 is 0 Å². The van der Waals surface area contributed by atoms with Crippen LogP contribution in [0.4, 0.5) is 14.9 Å². The normalized spacial score (nSPS) is 21.9. The number of rotatable bonds is 4. The average Bonchev–Trinajstić information content (AvgIpc) is 2.87. The van der Waals surface area contributed by atoms with Crippen molar-refractivity contribution in [3.05, 3.63) is 77.6 Å². The molecule has 35 heavy (non-hydrogen) atoms. The third kappa shape index (κ3) is 5.51. The highest BCUT2D eigenvalue weighted by molar-refractivity contribution is 5.93. The van der Waals surface area contributed by atoms with Crippen molar-refractivity contribution in [3.8, 4) is 0 Å². The lowest BCUT2D eigenvalue weighted by Crippen LogP contribution is -2.42. The number of carbonyl (C=O) groups excluding carboxylic acids is 1. The van der Waals surface area contributed by atoms with Gasteiger partial charge in [0.25, 0.3) is 0 Å². The first-order valence-corrected chi connectivity index (χ1v) is 13.1. The van der Waals surface area contributed by atoms with E-state index in [1.54, 1.807) is 0 Å². The molecule has 2 fully saturated rings. The molecule has 3 aromatic rings. The molecule has 5 heteroatoms. The van der Waals surface area contributed by atoms with E-state index in [1.807, 2.05) is 23.1 Å². The van der Waals surface area contributed by atoms with Crippen LogP contribution in [0.2, 0.25) is 0 Å². The molecule has 4 nitrogen and oxygen atoms in total. The van der Waals surface area contributed by atoms with E-state index in [9.17, 15) is 9.18 Å². The van der Waals surface area contributed by atoms with Gasteiger partial charge in [-0.3, -0.25) is 4.90 Å². The first-order valence-electron chi connectivity index (χ1n) is 13.1. The first kappa shape index (κ1) is 23.8. The van der Waals surface area contributed by atoms with Crippen LogP contribution in [-0.4, -0.2) is 41.0 Å². The molecule has 2 aliphatic rings. The number of urea groups is 1. The van der Waals surface area contributed by atoms with E-state index in [4.69, 9.17) is 0 Å². The zero-order valence-corrected chi connectivity index (χ0v) is 20.8. The van der Waals surface area contributed by atoms with Crippen LogP contribution in [0.5, 0.6) is 0 Å². The summed E-state index contributed by atoms with van der Waals surface area (Å²) in [5, 5.41) is 5.43. The summed E-state index contributed by atoms with van der Waals surface area (Å²) >= 11 is 0. The maximum atomic E-state index is 13.2. The molecule has 3 aromatic carbocycles. The number of hydrogen-bond acceptors (Lipinski definition) is 2. The minimum absolute atomic E-state index is 0.0494. The Bertz CT molecular complexity index is 1160. The Labute approximate surface area is 208 Å². The smallest absolute Gasteiger partial charge is 0.321 e. The lowest BCUT2D eigenvalue weighted by Gasteiger charge is -2.39. The number of halogens is 1. The number of piperidine rings is 2. The van der Waals surface area contributed by atoms with E-state index in [1.165, 1.54) is 42.3 Å². The monoisotopic (exact) mass is 473 g/mol. The summed E-state index contributed by atoms with van der Waals surface area (Å²) in [6, 6.07) is 20.8. The van der Waals surface area contributed by atoms with Crippen LogP contribution in [0.3, 0.4) is 0 Å². The standard InChI is InChI=1S/C30H36FN3O/c1-21-4-3-5-22(2)34(21)20-23-6-7-27-19-29(13-10-26(27)18-23)32-30(35)33-16-14-25(15-17-33)24-8-11-28(31)12-9-24/h6-13,18-19,21-22,25H,3-5,14-17,20H2,1-2H3,(H,32,35)/t21-,22?/m0/s1. The van der Waals surface area contributed by atoms with Crippen molar-refractivity contribution in [2.75, 3.05) is 18.4 Å². The zero-order chi connectivity index (χ0) is 24.4. The Hall–Kier alpha value is -2.92. The first-order chi connectivity index (χ1) is 17.0. The fraction of sp³-hybridized carbons (Fsp3) is 0.433. The maximum absolute atomic E-state index is 13.2. The quantitative estimate of drug-likeness (QED) is 0.437. The Morgan fingerprint density at radius 3 is 2.26 bits per heavy atom. The minimum atomic E-state index is -0.205. The Morgan fingerprint density at radius 2 is 1.54 bits per heavy atom. The van der Waals surface area contributed by atoms with Crippen molar-refractivity contribution < 1.29 is 9.18 Å². The van der Waals surface area contributed by atoms with Gasteiger partial charge in [0.05, 0.1) is 0 Å². The number of anilines is 1. The van der Waals surface area contributed by atoms with Gasteiger partial charge in [-0.15, -0.1) is 0 Å². The SMILES string of the molecule is CC1CCC[C@H](C)N1Cc1ccc2cc(NC(=O)N3CCC(c4ccc(F)cc4)CC3)ccc2c1. The van der Waals surface area contributed by atoms with Crippen molar-refractivity contribution in [2.45, 2.75) is 70.5 Å². The van der Waals surface area contributed by atoms with Gasteiger partial charge in [0.2, 0.25) is 0 Å². The molecule has 2 saturated heterocycles. The number of carbonyl (C=O) groups is 1. The lowest BCUT2D eigenvalue weighted by atomic mass is 9.89. The molecule has 0 aliphatic carbocycles. The number of amides is 2. The van der Waals surface area contributed by atoms with Gasteiger partial charge in [0.15, 0.2) is 0 Å². The average molecular weight is 474 g/mol. The molecule has 1 unspecified atom stereocenters. The Morgan fingerprint density at radius 1 is 0.886 bits per heavy atom. The van der Waals surface area contributed by atoms with Gasteiger partial charge in [0.1, 0.15) is 5.82 Å². The number of benzene rings is 3. The van der Waals surface area contributed by atoms with Crippen molar-refractivity contribution in [3.63, 3.8) is 0 Å². The van der Waals surface area contributed by atoms with Crippen LogP contribution in [-0.2, 0) is 6.54 Å². The molecule has 2 aliphatic heterocycles. The number of hydrogen-bond donors (Lipinski definition) is 1. The van der Waals surface area contributed by atoms with Gasteiger partial charge < -0.3 is 10.2 Å². The summed E-state index contributed by atoms with van der Waals surface area (Å²) in [5.41, 5.74) is 3.33. The summed E-state index contributed by atoms with van der Waals surface area (Å²) in [6.45, 7) is 7.09. The number of nitrogens with one attached hydrogen (secondary N) is 1. The summed E-state index contributed by atoms with van der Waals surface area (Å²) in [6.07, 6.45) is 5.69. The molecule has 0 saturated carbocycles. The van der Waals surface area contributed by atoms with Crippen LogP contribution >= 0.6 is 0 Å². The third-order valence-corrected chi connectivity index (χ3v) is 8.02. The van der Waals surface area contributed by atoms with E-state index < -0.39 is 0 Å². The second kappa shape index (κ2) is 10.4. The fourth-order valence-corrected chi connectivity index (χ4v) is 5.82. The van der Waals surface area contributed by atoms with E-state index in [-0.39, 0.29) is 11.8 Å². The van der Waals surface area contributed by atoms with Crippen LogP contribution in [0.25, 0.3) is 10.8 Å². The van der Waals surface area contributed by atoms with Gasteiger partial charge in [0, 0.05) is 37.4 Å². The summed E-state index contributed by atoms with van der Waals surface area (Å²) in [7, 11) is 0. The lowest BCUT2D eigenvalue weighted by molar-refractivity contribution is 0.0953. The molecule has 0 aromatic heterocycles. The van der Waals surface area contributed by atoms with Gasteiger partial charge in [-0.2, -0.15) is 0 Å². The third-order valence-electron chi connectivity index (χ3n) is 8.02. The highest BCUT2D eigenvalue weighted by atomic mass is 19.1. The summed E-state index contributed by atoms with van der Waals surface area (Å²) in [4.78, 5) is 17.4. The second-order valence-electron chi connectivity index (χ2n) is 10.4. The number of fused-ring (bicyclic) bond motifs is 1. The largest absolute Gasteiger partial charge is 0.324 e. The Kier molecular flexibility index (Phi) is 7.05. The molecule has 1 N–H and O–H groups in total. The van der Waals surface area contributed by atoms with Gasteiger partial charge in [-0.1, -0.05) is 36.8 Å². The van der Waals surface area contributed by atoms with Crippen LogP contribution in [0.1, 0.15) is 63.0 Å². The highest BCUT2D eigenvalue weighted by Crippen LogP contribution is 2.29. The summed E-state index contributed by atoms with van der Waals surface area (Å²) in [5.74, 6) is 0.175.